The molecule has 0 spiro atoms. The number of carboxylic acid groups (broad SMARTS) is 2. The highest BCUT2D eigenvalue weighted by Gasteiger charge is 2.44. The number of hydrogen-bond donors (Lipinski definition) is 4. The standard InChI is InChI=1S/C28H35N5O8S/c1-28(2,13-23(35)33-15-17(11-20(33)27(40)41)30-25(37)21-7-5-9-42-21)12-22(34)32-14-16(10-19(32)26(38)39)29-24(36)18-6-4-8-31(18)3/h4-9,16-17,19-20H,10-15H2,1-3H3,(H,29,36)(H,30,37)(H,38,39)(H,40,41)/t16-,17-,19-,20-/m0/s1. The van der Waals surface area contributed by atoms with E-state index < -0.39 is 53.3 Å². The van der Waals surface area contributed by atoms with Crippen molar-refractivity contribution in [2.24, 2.45) is 12.5 Å². The molecule has 4 heterocycles. The minimum absolute atomic E-state index is 0.00875. The fourth-order valence-electron chi connectivity index (χ4n) is 5.61. The summed E-state index contributed by atoms with van der Waals surface area (Å²) in [4.78, 5) is 78.6. The number of aryl methyl sites for hydroxylation is 1. The molecule has 4 amide bonds. The van der Waals surface area contributed by atoms with Crippen molar-refractivity contribution in [3.63, 3.8) is 0 Å². The number of rotatable bonds is 10. The van der Waals surface area contributed by atoms with Crippen molar-refractivity contribution in [3.8, 4) is 0 Å². The third kappa shape index (κ3) is 6.98. The van der Waals surface area contributed by atoms with Gasteiger partial charge in [-0.1, -0.05) is 19.9 Å². The molecular formula is C28H35N5O8S. The SMILES string of the molecule is Cn1cccc1C(=O)N[C@H]1C[C@@H](C(=O)O)N(C(=O)CC(C)(C)CC(=O)N2C[C@@H](NC(=O)c3cccs3)C[C@H]2C(=O)O)C1. The van der Waals surface area contributed by atoms with Gasteiger partial charge >= 0.3 is 11.9 Å². The molecular weight excluding hydrogens is 566 g/mol. The van der Waals surface area contributed by atoms with Crippen molar-refractivity contribution >= 4 is 46.9 Å². The lowest BCUT2D eigenvalue weighted by atomic mass is 9.84. The number of carboxylic acids is 2. The number of aromatic nitrogens is 1. The van der Waals surface area contributed by atoms with Crippen molar-refractivity contribution in [3.05, 3.63) is 46.4 Å². The summed E-state index contributed by atoms with van der Waals surface area (Å²) in [5, 5.41) is 26.9. The van der Waals surface area contributed by atoms with Crippen LogP contribution in [0.4, 0.5) is 0 Å². The first-order valence-electron chi connectivity index (χ1n) is 13.6. The first-order valence-corrected chi connectivity index (χ1v) is 14.4. The van der Waals surface area contributed by atoms with Crippen LogP contribution < -0.4 is 10.6 Å². The number of hydrogen-bond acceptors (Lipinski definition) is 7. The summed E-state index contributed by atoms with van der Waals surface area (Å²) in [6.45, 7) is 3.40. The van der Waals surface area contributed by atoms with Crippen LogP contribution in [-0.4, -0.2) is 97.4 Å². The van der Waals surface area contributed by atoms with E-state index in [4.69, 9.17) is 0 Å². The maximum absolute atomic E-state index is 13.3. The summed E-state index contributed by atoms with van der Waals surface area (Å²) in [5.74, 6) is -4.04. The Kier molecular flexibility index (Phi) is 9.04. The van der Waals surface area contributed by atoms with Crippen LogP contribution in [-0.2, 0) is 26.2 Å². The summed E-state index contributed by atoms with van der Waals surface area (Å²) in [6.07, 6.45) is 1.49. The highest BCUT2D eigenvalue weighted by molar-refractivity contribution is 7.12. The van der Waals surface area contributed by atoms with Gasteiger partial charge in [-0.15, -0.1) is 11.3 Å². The van der Waals surface area contributed by atoms with E-state index in [0.717, 1.165) is 0 Å². The number of likely N-dealkylation sites (tertiary alicyclic amines) is 2. The normalized spacial score (nSPS) is 22.2. The second-order valence-electron chi connectivity index (χ2n) is 11.6. The molecule has 2 aromatic rings. The first-order chi connectivity index (χ1) is 19.8. The number of amides is 4. The number of aliphatic carboxylic acids is 2. The molecule has 2 saturated heterocycles. The van der Waals surface area contributed by atoms with Crippen molar-refractivity contribution in [1.82, 2.24) is 25.0 Å². The zero-order valence-electron chi connectivity index (χ0n) is 23.6. The summed E-state index contributed by atoms with van der Waals surface area (Å²) < 4.78 is 1.64. The van der Waals surface area contributed by atoms with Gasteiger partial charge in [0, 0.05) is 64.1 Å². The Bertz CT molecular complexity index is 1370. The van der Waals surface area contributed by atoms with E-state index in [0.29, 0.717) is 10.6 Å². The van der Waals surface area contributed by atoms with E-state index in [2.05, 4.69) is 10.6 Å². The van der Waals surface area contributed by atoms with Gasteiger partial charge in [-0.25, -0.2) is 9.59 Å². The summed E-state index contributed by atoms with van der Waals surface area (Å²) in [5.41, 5.74) is -0.524. The zero-order valence-corrected chi connectivity index (χ0v) is 24.4. The average molecular weight is 602 g/mol. The molecule has 4 N–H and O–H groups in total. The van der Waals surface area contributed by atoms with Gasteiger partial charge in [0.15, 0.2) is 0 Å². The van der Waals surface area contributed by atoms with Crippen LogP contribution in [0.15, 0.2) is 35.8 Å². The Morgan fingerprint density at radius 3 is 1.81 bits per heavy atom. The fraction of sp³-hybridized carbons (Fsp3) is 0.500. The summed E-state index contributed by atoms with van der Waals surface area (Å²) >= 11 is 1.25. The molecule has 0 aromatic carbocycles. The highest BCUT2D eigenvalue weighted by Crippen LogP contribution is 2.31. The van der Waals surface area contributed by atoms with Crippen molar-refractivity contribution in [1.29, 1.82) is 0 Å². The Morgan fingerprint density at radius 2 is 1.38 bits per heavy atom. The maximum Gasteiger partial charge on any atom is 0.326 e. The van der Waals surface area contributed by atoms with Crippen molar-refractivity contribution < 1.29 is 39.0 Å². The summed E-state index contributed by atoms with van der Waals surface area (Å²) in [6, 6.07) is 3.37. The number of nitrogens with one attached hydrogen (secondary N) is 2. The lowest BCUT2D eigenvalue weighted by Gasteiger charge is -2.31. The van der Waals surface area contributed by atoms with Gasteiger partial charge in [-0.2, -0.15) is 0 Å². The van der Waals surface area contributed by atoms with Crippen LogP contribution in [0.25, 0.3) is 0 Å². The van der Waals surface area contributed by atoms with Gasteiger partial charge in [0.25, 0.3) is 11.8 Å². The largest absolute Gasteiger partial charge is 0.480 e. The molecule has 2 aliphatic rings. The number of carbonyl (C=O) groups excluding carboxylic acids is 4. The van der Waals surface area contributed by atoms with Gasteiger partial charge in [-0.05, 0) is 29.0 Å². The van der Waals surface area contributed by atoms with Crippen LogP contribution in [0.3, 0.4) is 0 Å². The van der Waals surface area contributed by atoms with Crippen LogP contribution >= 0.6 is 11.3 Å². The molecule has 4 rings (SSSR count). The van der Waals surface area contributed by atoms with Gasteiger partial charge < -0.3 is 35.2 Å². The molecule has 2 aliphatic heterocycles. The third-order valence-electron chi connectivity index (χ3n) is 7.66. The van der Waals surface area contributed by atoms with Gasteiger partial charge in [-0.3, -0.25) is 19.2 Å². The molecule has 14 heteroatoms. The van der Waals surface area contributed by atoms with E-state index in [1.807, 2.05) is 0 Å². The van der Waals surface area contributed by atoms with Crippen LogP contribution in [0.5, 0.6) is 0 Å². The molecule has 13 nitrogen and oxygen atoms in total. The fourth-order valence-corrected chi connectivity index (χ4v) is 6.23. The average Bonchev–Trinajstić information content (AvgIpc) is 3.69. The Hall–Kier alpha value is -4.20. The van der Waals surface area contributed by atoms with E-state index >= 15 is 0 Å². The molecule has 0 aliphatic carbocycles. The number of thiophene rings is 1. The minimum atomic E-state index is -1.19. The summed E-state index contributed by atoms with van der Waals surface area (Å²) in [7, 11) is 1.71. The number of carbonyl (C=O) groups is 6. The zero-order chi connectivity index (χ0) is 30.8. The molecule has 0 unspecified atom stereocenters. The Labute approximate surface area is 246 Å². The van der Waals surface area contributed by atoms with Crippen LogP contribution in [0.2, 0.25) is 0 Å². The lowest BCUT2D eigenvalue weighted by Crippen LogP contribution is -2.45. The number of nitrogens with zero attached hydrogens (tertiary/aromatic N) is 3. The van der Waals surface area contributed by atoms with E-state index in [9.17, 15) is 39.0 Å². The van der Waals surface area contributed by atoms with E-state index in [1.54, 1.807) is 61.3 Å². The van der Waals surface area contributed by atoms with Gasteiger partial charge in [0.05, 0.1) is 4.88 Å². The van der Waals surface area contributed by atoms with Crippen LogP contribution in [0.1, 0.15) is 59.7 Å². The molecule has 0 bridgehead atoms. The second kappa shape index (κ2) is 12.3. The van der Waals surface area contributed by atoms with Gasteiger partial charge in [0.2, 0.25) is 11.8 Å². The predicted octanol–water partition coefficient (Wildman–Crippen LogP) is 1.16. The molecule has 4 atom stereocenters. The molecule has 42 heavy (non-hydrogen) atoms. The monoisotopic (exact) mass is 601 g/mol. The van der Waals surface area contributed by atoms with Crippen LogP contribution in [0, 0.1) is 5.41 Å². The first kappa shape index (κ1) is 30.8. The molecule has 2 fully saturated rings. The van der Waals surface area contributed by atoms with E-state index in [-0.39, 0.29) is 50.6 Å². The van der Waals surface area contributed by atoms with E-state index in [1.165, 1.54) is 21.1 Å². The Morgan fingerprint density at radius 1 is 0.857 bits per heavy atom. The second-order valence-corrected chi connectivity index (χ2v) is 12.6. The van der Waals surface area contributed by atoms with Gasteiger partial charge in [0.1, 0.15) is 17.8 Å². The maximum atomic E-state index is 13.3. The van der Waals surface area contributed by atoms with Crippen molar-refractivity contribution in [2.75, 3.05) is 13.1 Å². The molecule has 0 saturated carbocycles. The molecule has 0 radical (unpaired) electrons. The quantitative estimate of drug-likeness (QED) is 0.313. The lowest BCUT2D eigenvalue weighted by molar-refractivity contribution is -0.150. The molecule has 2 aromatic heterocycles. The smallest absolute Gasteiger partial charge is 0.326 e. The predicted molar refractivity (Wildman–Crippen MR) is 151 cm³/mol. The Balaban J connectivity index is 1.37. The van der Waals surface area contributed by atoms with Crippen molar-refractivity contribution in [2.45, 2.75) is 63.7 Å². The minimum Gasteiger partial charge on any atom is -0.480 e. The topological polar surface area (TPSA) is 178 Å². The highest BCUT2D eigenvalue weighted by atomic mass is 32.1. The molecule has 226 valence electrons. The third-order valence-corrected chi connectivity index (χ3v) is 8.53.